The zero-order valence-corrected chi connectivity index (χ0v) is 14.1. The highest BCUT2D eigenvalue weighted by Gasteiger charge is 2.20. The van der Waals surface area contributed by atoms with Gasteiger partial charge in [0.25, 0.3) is 0 Å². The molecule has 0 aliphatic rings. The summed E-state index contributed by atoms with van der Waals surface area (Å²) in [6, 6.07) is 16.8. The number of rotatable bonds is 4. The summed E-state index contributed by atoms with van der Waals surface area (Å²) in [7, 11) is 4.10. The van der Waals surface area contributed by atoms with Crippen molar-refractivity contribution in [1.82, 2.24) is 0 Å². The second-order valence-corrected chi connectivity index (χ2v) is 5.82. The number of nitrogens with one attached hydrogen (secondary N) is 1. The molecule has 2 aromatic rings. The zero-order valence-electron chi connectivity index (χ0n) is 14.1. The van der Waals surface area contributed by atoms with Crippen LogP contribution in [0, 0.1) is 6.92 Å². The fourth-order valence-corrected chi connectivity index (χ4v) is 2.06. The number of benzene rings is 2. The molecule has 0 aliphatic heterocycles. The number of carbonyl (C=O) groups excluding carboxylic acids is 1. The van der Waals surface area contributed by atoms with Gasteiger partial charge < -0.3 is 19.9 Å². The highest BCUT2D eigenvalue weighted by Crippen LogP contribution is 2.13. The van der Waals surface area contributed by atoms with E-state index in [9.17, 15) is 15.0 Å². The van der Waals surface area contributed by atoms with Gasteiger partial charge in [-0.15, -0.1) is 0 Å². The summed E-state index contributed by atoms with van der Waals surface area (Å²) < 4.78 is 0. The lowest BCUT2D eigenvalue weighted by atomic mass is 10.0. The average Bonchev–Trinajstić information content (AvgIpc) is 2.55. The minimum absolute atomic E-state index is 0.224. The van der Waals surface area contributed by atoms with Gasteiger partial charge in [-0.2, -0.15) is 0 Å². The van der Waals surface area contributed by atoms with Gasteiger partial charge in [0.15, 0.2) is 0 Å². The molecule has 0 spiro atoms. The van der Waals surface area contributed by atoms with Gasteiger partial charge in [-0.3, -0.25) is 0 Å². The van der Waals surface area contributed by atoms with Crippen LogP contribution in [0.3, 0.4) is 0 Å². The molecule has 4 nitrogen and oxygen atoms in total. The summed E-state index contributed by atoms with van der Waals surface area (Å²) in [6.07, 6.45) is -0.369. The number of aliphatic hydroxyl groups is 1. The molecule has 0 amide bonds. The summed E-state index contributed by atoms with van der Waals surface area (Å²) in [4.78, 5) is 11.6. The first kappa shape index (κ1) is 18.9. The molecule has 2 N–H and O–H groups in total. The number of carboxylic acid groups (broad SMARTS) is 1. The Balaban J connectivity index is 0.000000238. The van der Waals surface area contributed by atoms with Gasteiger partial charge in [0.2, 0.25) is 0 Å². The zero-order chi connectivity index (χ0) is 17.4. The van der Waals surface area contributed by atoms with Crippen LogP contribution >= 0.6 is 0 Å². The predicted molar refractivity (Wildman–Crippen MR) is 89.2 cm³/mol. The summed E-state index contributed by atoms with van der Waals surface area (Å²) in [5, 5.41) is 20.2. The molecule has 0 fully saturated rings. The largest absolute Gasteiger partial charge is 0.545 e. The molecule has 0 heterocycles. The van der Waals surface area contributed by atoms with Gasteiger partial charge in [-0.1, -0.05) is 54.6 Å². The summed E-state index contributed by atoms with van der Waals surface area (Å²) in [6.45, 7) is 3.79. The SMILES string of the molecule is C[C@@H]([C@H](O)c1ccccc1)[NH+](C)C.Cc1ccccc1C(=O)[O-]. The van der Waals surface area contributed by atoms with Crippen LogP contribution in [0.1, 0.15) is 34.5 Å². The molecular formula is C19H25NO3. The molecule has 4 heteroatoms. The molecule has 2 rings (SSSR count). The molecule has 124 valence electrons. The number of hydrogen-bond acceptors (Lipinski definition) is 3. The van der Waals surface area contributed by atoms with Crippen molar-refractivity contribution in [2.24, 2.45) is 0 Å². The van der Waals surface area contributed by atoms with Crippen molar-refractivity contribution in [3.05, 3.63) is 71.3 Å². The van der Waals surface area contributed by atoms with E-state index in [2.05, 4.69) is 14.1 Å². The van der Waals surface area contributed by atoms with Crippen molar-refractivity contribution in [3.63, 3.8) is 0 Å². The highest BCUT2D eigenvalue weighted by atomic mass is 16.4. The van der Waals surface area contributed by atoms with Gasteiger partial charge in [-0.25, -0.2) is 0 Å². The molecule has 2 atom stereocenters. The number of aliphatic hydroxyl groups excluding tert-OH is 1. The third-order valence-electron chi connectivity index (χ3n) is 3.89. The molecular weight excluding hydrogens is 290 g/mol. The standard InChI is InChI=1S/C11H17NO.C8H8O2/c1-9(12(2)3)11(13)10-7-5-4-6-8-10;1-6-4-2-3-5-7(6)8(9)10/h4-9,11,13H,1-3H3;2-5H,1H3,(H,9,10)/t9-,11-;/m0./s1. The number of likely N-dealkylation sites (N-methyl/N-ethyl adjacent to an activating group) is 1. The average molecular weight is 315 g/mol. The molecule has 0 bridgehead atoms. The Morgan fingerprint density at radius 3 is 2.00 bits per heavy atom. The van der Waals surface area contributed by atoms with Crippen LogP contribution in [-0.2, 0) is 0 Å². The number of carbonyl (C=O) groups is 1. The van der Waals surface area contributed by atoms with E-state index in [1.54, 1.807) is 25.1 Å². The molecule has 0 aromatic heterocycles. The van der Waals surface area contributed by atoms with Gasteiger partial charge in [-0.05, 0) is 25.0 Å². The van der Waals surface area contributed by atoms with Gasteiger partial charge in [0.1, 0.15) is 12.1 Å². The predicted octanol–water partition coefficient (Wildman–Crippen LogP) is 0.612. The fraction of sp³-hybridized carbons (Fsp3) is 0.316. The maximum absolute atomic E-state index is 10.3. The lowest BCUT2D eigenvalue weighted by Gasteiger charge is -2.22. The first-order valence-corrected chi connectivity index (χ1v) is 7.64. The Hall–Kier alpha value is -2.17. The molecule has 2 aromatic carbocycles. The third kappa shape index (κ3) is 5.85. The summed E-state index contributed by atoms with van der Waals surface area (Å²) in [5.74, 6) is -1.11. The normalized spacial score (nSPS) is 13.0. The van der Waals surface area contributed by atoms with E-state index in [-0.39, 0.29) is 17.7 Å². The van der Waals surface area contributed by atoms with E-state index in [1.807, 2.05) is 37.3 Å². The molecule has 0 aliphatic carbocycles. The van der Waals surface area contributed by atoms with Gasteiger partial charge in [0, 0.05) is 5.56 Å². The molecule has 0 radical (unpaired) electrons. The maximum atomic E-state index is 10.3. The van der Waals surface area contributed by atoms with Gasteiger partial charge >= 0.3 is 0 Å². The van der Waals surface area contributed by atoms with Crippen LogP contribution in [0.5, 0.6) is 0 Å². The van der Waals surface area contributed by atoms with E-state index in [0.29, 0.717) is 0 Å². The quantitative estimate of drug-likeness (QED) is 0.869. The van der Waals surface area contributed by atoms with Crippen molar-refractivity contribution in [3.8, 4) is 0 Å². The van der Waals surface area contributed by atoms with Crippen LogP contribution < -0.4 is 10.0 Å². The molecule has 0 unspecified atom stereocenters. The van der Waals surface area contributed by atoms with Crippen molar-refractivity contribution >= 4 is 5.97 Å². The second-order valence-electron chi connectivity index (χ2n) is 5.82. The van der Waals surface area contributed by atoms with E-state index >= 15 is 0 Å². The number of aromatic carboxylic acids is 1. The van der Waals surface area contributed by atoms with Crippen LogP contribution in [0.2, 0.25) is 0 Å². The van der Waals surface area contributed by atoms with E-state index in [4.69, 9.17) is 0 Å². The number of hydrogen-bond donors (Lipinski definition) is 2. The van der Waals surface area contributed by atoms with E-state index < -0.39 is 5.97 Å². The minimum atomic E-state index is -1.11. The highest BCUT2D eigenvalue weighted by molar-refractivity contribution is 5.87. The molecule has 0 saturated carbocycles. The number of quaternary nitrogens is 1. The fourth-order valence-electron chi connectivity index (χ4n) is 2.06. The Kier molecular flexibility index (Phi) is 7.45. The number of carboxylic acids is 1. The molecule has 0 saturated heterocycles. The van der Waals surface area contributed by atoms with Crippen LogP contribution in [0.4, 0.5) is 0 Å². The minimum Gasteiger partial charge on any atom is -0.545 e. The lowest BCUT2D eigenvalue weighted by molar-refractivity contribution is -0.888. The van der Waals surface area contributed by atoms with Crippen molar-refractivity contribution in [2.45, 2.75) is 26.0 Å². The van der Waals surface area contributed by atoms with Crippen LogP contribution in [0.25, 0.3) is 0 Å². The molecule has 23 heavy (non-hydrogen) atoms. The Labute approximate surface area is 138 Å². The Morgan fingerprint density at radius 1 is 1.04 bits per heavy atom. The van der Waals surface area contributed by atoms with E-state index in [1.165, 1.54) is 11.0 Å². The lowest BCUT2D eigenvalue weighted by Crippen LogP contribution is -3.10. The second kappa shape index (κ2) is 9.08. The first-order valence-electron chi connectivity index (χ1n) is 7.64. The smallest absolute Gasteiger partial charge is 0.130 e. The Bertz CT molecular complexity index is 611. The third-order valence-corrected chi connectivity index (χ3v) is 3.89. The van der Waals surface area contributed by atoms with Crippen LogP contribution in [-0.4, -0.2) is 31.2 Å². The topological polar surface area (TPSA) is 64.8 Å². The first-order chi connectivity index (χ1) is 10.8. The van der Waals surface area contributed by atoms with Crippen molar-refractivity contribution < 1.29 is 19.9 Å². The number of aryl methyl sites for hydroxylation is 1. The Morgan fingerprint density at radius 2 is 1.57 bits per heavy atom. The van der Waals surface area contributed by atoms with Gasteiger partial charge in [0.05, 0.1) is 20.1 Å². The van der Waals surface area contributed by atoms with Crippen molar-refractivity contribution in [1.29, 1.82) is 0 Å². The monoisotopic (exact) mass is 315 g/mol. The maximum Gasteiger partial charge on any atom is 0.130 e. The summed E-state index contributed by atoms with van der Waals surface area (Å²) >= 11 is 0. The van der Waals surface area contributed by atoms with Crippen molar-refractivity contribution in [2.75, 3.05) is 14.1 Å². The van der Waals surface area contributed by atoms with Crippen LogP contribution in [0.15, 0.2) is 54.6 Å². The summed E-state index contributed by atoms with van der Waals surface area (Å²) in [5.41, 5.74) is 2.00. The van der Waals surface area contributed by atoms with E-state index in [0.717, 1.165) is 11.1 Å².